The van der Waals surface area contributed by atoms with Crippen LogP contribution in [0.5, 0.6) is 0 Å². The highest BCUT2D eigenvalue weighted by molar-refractivity contribution is 6.00. The van der Waals surface area contributed by atoms with E-state index >= 15 is 0 Å². The lowest BCUT2D eigenvalue weighted by Gasteiger charge is -2.27. The molecule has 1 fully saturated rings. The van der Waals surface area contributed by atoms with E-state index in [1.807, 2.05) is 43.3 Å². The highest BCUT2D eigenvalue weighted by Gasteiger charge is 2.34. The number of H-pyrrole nitrogens is 1. The summed E-state index contributed by atoms with van der Waals surface area (Å²) in [5, 5.41) is 36.3. The minimum Gasteiger partial charge on any atom is -0.480 e. The summed E-state index contributed by atoms with van der Waals surface area (Å²) in [7, 11) is 2.82. The van der Waals surface area contributed by atoms with Crippen LogP contribution in [0.2, 0.25) is 0 Å². The molecular formula is C53H71N11O12. The summed E-state index contributed by atoms with van der Waals surface area (Å²) < 4.78 is 5.82. The van der Waals surface area contributed by atoms with E-state index in [0.717, 1.165) is 10.5 Å². The van der Waals surface area contributed by atoms with E-state index < -0.39 is 120 Å². The van der Waals surface area contributed by atoms with Gasteiger partial charge in [0.05, 0.1) is 24.5 Å². The molecule has 1 saturated heterocycles. The molecule has 410 valence electrons. The van der Waals surface area contributed by atoms with Gasteiger partial charge in [0, 0.05) is 56.6 Å². The number of aliphatic imine (C=N–C) groups is 1. The van der Waals surface area contributed by atoms with Crippen LogP contribution in [0, 0.1) is 11.8 Å². The molecule has 1 aliphatic heterocycles. The number of carbonyl (C=O) groups excluding carboxylic acids is 7. The first kappa shape index (κ1) is 60.2. The number of allylic oxidation sites excluding steroid dienone is 2. The van der Waals surface area contributed by atoms with Gasteiger partial charge in [0.1, 0.15) is 35.9 Å². The highest BCUT2D eigenvalue weighted by Crippen LogP contribution is 2.21. The molecule has 23 heteroatoms. The van der Waals surface area contributed by atoms with Gasteiger partial charge in [0.25, 0.3) is 5.91 Å². The zero-order valence-corrected chi connectivity index (χ0v) is 43.6. The number of methoxy groups -OCH3 is 1. The Morgan fingerprint density at radius 1 is 0.855 bits per heavy atom. The minimum absolute atomic E-state index is 0.0155. The zero-order valence-electron chi connectivity index (χ0n) is 43.6. The average molecular weight is 1050 g/mol. The Kier molecular flexibility index (Phi) is 22.9. The van der Waals surface area contributed by atoms with Gasteiger partial charge in [-0.15, -0.1) is 0 Å². The van der Waals surface area contributed by atoms with Crippen LogP contribution in [0.25, 0.3) is 10.9 Å². The highest BCUT2D eigenvalue weighted by atomic mass is 16.5. The number of rotatable bonds is 15. The second-order valence-electron chi connectivity index (χ2n) is 18.7. The summed E-state index contributed by atoms with van der Waals surface area (Å²) >= 11 is 0. The number of nitrogens with zero attached hydrogens (tertiary/aromatic N) is 2. The molecule has 2 heterocycles. The molecule has 7 amide bonds. The lowest BCUT2D eigenvalue weighted by atomic mass is 9.94. The maximum atomic E-state index is 14.4. The smallest absolute Gasteiger partial charge is 0.326 e. The van der Waals surface area contributed by atoms with Crippen LogP contribution in [0.15, 0.2) is 102 Å². The first-order valence-corrected chi connectivity index (χ1v) is 24.8. The monoisotopic (exact) mass is 1050 g/mol. The third-order valence-corrected chi connectivity index (χ3v) is 12.9. The van der Waals surface area contributed by atoms with E-state index in [9.17, 15) is 53.4 Å². The Hall–Kier alpha value is -8.34. The molecule has 0 radical (unpaired) electrons. The van der Waals surface area contributed by atoms with Crippen LogP contribution in [0.4, 0.5) is 0 Å². The molecule has 0 unspecified atom stereocenters. The fraction of sp³-hybridized carbons (Fsp3) is 0.434. The number of aromatic nitrogens is 1. The third kappa shape index (κ3) is 18.2. The van der Waals surface area contributed by atoms with Gasteiger partial charge < -0.3 is 68.2 Å². The number of hydrogen-bond acceptors (Lipinski definition) is 11. The number of amides is 7. The van der Waals surface area contributed by atoms with Gasteiger partial charge in [-0.25, -0.2) is 9.59 Å². The maximum Gasteiger partial charge on any atom is 0.326 e. The van der Waals surface area contributed by atoms with Crippen LogP contribution in [0.1, 0.15) is 70.9 Å². The van der Waals surface area contributed by atoms with E-state index in [2.05, 4.69) is 48.5 Å². The molecule has 0 bridgehead atoms. The number of nitrogens with one attached hydrogen (secondary N) is 7. The summed E-state index contributed by atoms with van der Waals surface area (Å²) in [5.41, 5.74) is 13.6. The normalized spacial score (nSPS) is 23.4. The van der Waals surface area contributed by atoms with Gasteiger partial charge in [0.15, 0.2) is 5.96 Å². The number of nitrogens with two attached hydrogens (primary N) is 2. The predicted octanol–water partition coefficient (Wildman–Crippen LogP) is 1.05. The van der Waals surface area contributed by atoms with Gasteiger partial charge in [-0.2, -0.15) is 0 Å². The summed E-state index contributed by atoms with van der Waals surface area (Å²) in [6.45, 7) is 10.2. The van der Waals surface area contributed by atoms with Crippen LogP contribution >= 0.6 is 0 Å². The van der Waals surface area contributed by atoms with Crippen molar-refractivity contribution in [2.24, 2.45) is 28.3 Å². The SMILES string of the molecule is C=C1C(=O)N[C@H](C)C(=O)N[C@@H](Cc2c[nH]c3ccccc23)C(=O)N[C@@H](C(=O)O)CC(=O)N[C@@H](CCCN=C(N)N)C(=O)N[C@@H](/C=C/C(C)=C/[C@H](C)[C@H](Cc2ccccc2)OC)[C@H](C)C(=O)N[C@@H](C(=O)O)CCC(=O)N1C. The Balaban J connectivity index is 1.75. The molecule has 0 spiro atoms. The van der Waals surface area contributed by atoms with Crippen LogP contribution in [0.3, 0.4) is 0 Å². The number of likely N-dealkylation sites (N-methyl/N-ethyl adjacent to an activating group) is 1. The minimum atomic E-state index is -1.91. The summed E-state index contributed by atoms with van der Waals surface area (Å²) in [5.74, 6) is -11.0. The number of aliphatic carboxylic acids is 2. The Morgan fingerprint density at radius 3 is 2.16 bits per heavy atom. The molecule has 0 saturated carbocycles. The van der Waals surface area contributed by atoms with Crippen molar-refractivity contribution in [1.29, 1.82) is 0 Å². The van der Waals surface area contributed by atoms with Crippen molar-refractivity contribution in [3.8, 4) is 0 Å². The molecule has 9 atom stereocenters. The van der Waals surface area contributed by atoms with Crippen LogP contribution < -0.4 is 43.4 Å². The Labute approximate surface area is 440 Å². The largest absolute Gasteiger partial charge is 0.480 e. The molecule has 1 aliphatic rings. The molecule has 76 heavy (non-hydrogen) atoms. The second kappa shape index (κ2) is 28.9. The van der Waals surface area contributed by atoms with E-state index in [0.29, 0.717) is 28.5 Å². The van der Waals surface area contributed by atoms with Crippen molar-refractivity contribution >= 4 is 70.2 Å². The number of carboxylic acid groups (broad SMARTS) is 2. The van der Waals surface area contributed by atoms with E-state index in [1.54, 1.807) is 50.6 Å². The first-order chi connectivity index (χ1) is 36.0. The second-order valence-corrected chi connectivity index (χ2v) is 18.7. The predicted molar refractivity (Wildman–Crippen MR) is 282 cm³/mol. The molecule has 2 aromatic carbocycles. The molecule has 4 rings (SSSR count). The summed E-state index contributed by atoms with van der Waals surface area (Å²) in [6, 6.07) is 7.82. The maximum absolute atomic E-state index is 14.4. The van der Waals surface area contributed by atoms with Crippen molar-refractivity contribution in [3.05, 3.63) is 108 Å². The summed E-state index contributed by atoms with van der Waals surface area (Å²) in [6.07, 6.45) is 5.08. The molecule has 1 aromatic heterocycles. The van der Waals surface area contributed by atoms with E-state index in [1.165, 1.54) is 27.0 Å². The van der Waals surface area contributed by atoms with Gasteiger partial charge in [-0.05, 0) is 56.7 Å². The van der Waals surface area contributed by atoms with Crippen molar-refractivity contribution in [3.63, 3.8) is 0 Å². The third-order valence-electron chi connectivity index (χ3n) is 12.9. The van der Waals surface area contributed by atoms with E-state index in [-0.39, 0.29) is 43.8 Å². The molecule has 23 nitrogen and oxygen atoms in total. The summed E-state index contributed by atoms with van der Waals surface area (Å²) in [4.78, 5) is 130. The van der Waals surface area contributed by atoms with Gasteiger partial charge in [-0.3, -0.25) is 38.6 Å². The molecular weight excluding hydrogens is 983 g/mol. The van der Waals surface area contributed by atoms with Gasteiger partial charge >= 0.3 is 11.9 Å². The van der Waals surface area contributed by atoms with Crippen LogP contribution in [-0.2, 0) is 60.7 Å². The fourth-order valence-electron chi connectivity index (χ4n) is 8.29. The standard InChI is InChI=1S/C53H71N11O12/c1-29(24-30(2)43(76-7)25-34-14-9-8-10-15-34)19-20-37-31(3)46(67)61-40(51(72)73)21-22-45(66)64(6)33(5)48(69)58-32(4)47(68)62-41(26-35-28-57-38-17-12-11-16-36(35)38)50(71)63-42(52(74)75)27-44(65)59-39(49(70)60-37)18-13-23-56-53(54)55/h8-12,14-17,19-20,24,28,30-32,37,39-43,57H,5,13,18,21-23,25-27H2,1-4,6-7H3,(H,58,69)(H,59,65)(H,60,70)(H,61,67)(H,62,68)(H,63,71)(H,72,73)(H,74,75)(H4,54,55,56)/b20-19+,29-24+/t30-,31-,32+,37-,39-,40+,41-,42+,43-/m0/s1. The van der Waals surface area contributed by atoms with Gasteiger partial charge in [0.2, 0.25) is 35.4 Å². The number of carbonyl (C=O) groups is 9. The van der Waals surface area contributed by atoms with E-state index in [4.69, 9.17) is 16.2 Å². The van der Waals surface area contributed by atoms with Crippen molar-refractivity contribution in [2.75, 3.05) is 20.7 Å². The molecule has 13 N–H and O–H groups in total. The number of guanidine groups is 1. The van der Waals surface area contributed by atoms with Crippen molar-refractivity contribution in [1.82, 2.24) is 41.8 Å². The first-order valence-electron chi connectivity index (χ1n) is 24.8. The number of ether oxygens (including phenoxy) is 1. The molecule has 3 aromatic rings. The topological polar surface area (TPSA) is 359 Å². The number of para-hydroxylation sites is 1. The number of benzene rings is 2. The Bertz CT molecular complexity index is 2680. The lowest BCUT2D eigenvalue weighted by molar-refractivity contribution is -0.144. The quantitative estimate of drug-likeness (QED) is 0.0333. The average Bonchev–Trinajstić information content (AvgIpc) is 3.79. The molecule has 0 aliphatic carbocycles. The zero-order chi connectivity index (χ0) is 56.2. The van der Waals surface area contributed by atoms with Gasteiger partial charge in [-0.1, -0.05) is 92.8 Å². The van der Waals surface area contributed by atoms with Crippen LogP contribution in [-0.4, -0.2) is 142 Å². The number of aromatic amines is 1. The number of hydrogen-bond donors (Lipinski definition) is 11. The fourth-order valence-corrected chi connectivity index (χ4v) is 8.29. The van der Waals surface area contributed by atoms with Crippen molar-refractivity contribution in [2.45, 2.75) is 115 Å². The Morgan fingerprint density at radius 2 is 1.50 bits per heavy atom. The lowest BCUT2D eigenvalue weighted by Crippen LogP contribution is -2.57. The number of fused-ring (bicyclic) bond motifs is 1. The van der Waals surface area contributed by atoms with Crippen molar-refractivity contribution < 1.29 is 58.1 Å². The number of carboxylic acids is 2.